The van der Waals surface area contributed by atoms with Crippen LogP contribution in [0.2, 0.25) is 0 Å². The van der Waals surface area contributed by atoms with Crippen LogP contribution in [0.15, 0.2) is 77.7 Å². The molecular weight excluding hydrogens is 472 g/mol. The van der Waals surface area contributed by atoms with Crippen molar-refractivity contribution < 1.29 is 32.2 Å². The Morgan fingerprint density at radius 2 is 1.66 bits per heavy atom. The van der Waals surface area contributed by atoms with Gasteiger partial charge < -0.3 is 24.3 Å². The van der Waals surface area contributed by atoms with Crippen molar-refractivity contribution in [2.75, 3.05) is 38.2 Å². The molecule has 184 valence electrons. The topological polar surface area (TPSA) is 103 Å². The van der Waals surface area contributed by atoms with Crippen molar-refractivity contribution in [3.8, 4) is 23.0 Å². The number of ether oxygens (including phenoxy) is 4. The number of carbonyl (C=O) groups is 1. The number of nitrogens with zero attached hydrogens (tertiary/aromatic N) is 1. The van der Waals surface area contributed by atoms with Gasteiger partial charge in [-0.2, -0.15) is 0 Å². The van der Waals surface area contributed by atoms with E-state index in [4.69, 9.17) is 18.9 Å². The highest BCUT2D eigenvalue weighted by Gasteiger charge is 2.37. The van der Waals surface area contributed by atoms with E-state index in [1.54, 1.807) is 55.6 Å². The summed E-state index contributed by atoms with van der Waals surface area (Å²) in [5, 5.41) is 2.75. The zero-order valence-electron chi connectivity index (χ0n) is 19.3. The van der Waals surface area contributed by atoms with E-state index < -0.39 is 22.0 Å². The average molecular weight is 499 g/mol. The van der Waals surface area contributed by atoms with E-state index in [0.717, 1.165) is 0 Å². The van der Waals surface area contributed by atoms with Crippen molar-refractivity contribution in [1.82, 2.24) is 5.32 Å². The Balaban J connectivity index is 1.46. The van der Waals surface area contributed by atoms with E-state index in [-0.39, 0.29) is 24.6 Å². The number of fused-ring (bicyclic) bond motifs is 1. The van der Waals surface area contributed by atoms with Crippen molar-refractivity contribution >= 4 is 21.6 Å². The van der Waals surface area contributed by atoms with E-state index in [1.165, 1.54) is 23.5 Å². The summed E-state index contributed by atoms with van der Waals surface area (Å²) in [4.78, 5) is 13.0. The zero-order chi connectivity index (χ0) is 24.8. The van der Waals surface area contributed by atoms with Crippen LogP contribution in [0.5, 0.6) is 23.0 Å². The van der Waals surface area contributed by atoms with Crippen LogP contribution in [0.25, 0.3) is 0 Å². The van der Waals surface area contributed by atoms with Gasteiger partial charge in [0.15, 0.2) is 17.6 Å². The Labute approximate surface area is 204 Å². The predicted octanol–water partition coefficient (Wildman–Crippen LogP) is 2.86. The molecule has 0 bridgehead atoms. The van der Waals surface area contributed by atoms with Gasteiger partial charge in [0, 0.05) is 0 Å². The molecule has 4 rings (SSSR count). The van der Waals surface area contributed by atoms with Crippen LogP contribution in [-0.4, -0.2) is 54.3 Å². The lowest BCUT2D eigenvalue weighted by molar-refractivity contribution is -0.127. The molecule has 1 N–H and O–H groups in total. The largest absolute Gasteiger partial charge is 0.497 e. The fraction of sp³-hybridized carbons (Fsp3) is 0.240. The Kier molecular flexibility index (Phi) is 7.31. The minimum absolute atomic E-state index is 0.0827. The molecule has 0 radical (unpaired) electrons. The SMILES string of the molecule is COc1ccc(S(=O)(=O)N2C[C@H](C(=O)NCCOc3ccccc3OC)Oc3ccccc32)cc1. The van der Waals surface area contributed by atoms with Crippen molar-refractivity contribution in [2.24, 2.45) is 0 Å². The van der Waals surface area contributed by atoms with Crippen LogP contribution in [0.1, 0.15) is 0 Å². The van der Waals surface area contributed by atoms with Crippen LogP contribution < -0.4 is 28.6 Å². The molecule has 0 saturated heterocycles. The summed E-state index contributed by atoms with van der Waals surface area (Å²) in [6.07, 6.45) is -1.04. The van der Waals surface area contributed by atoms with Crippen molar-refractivity contribution in [3.05, 3.63) is 72.8 Å². The smallest absolute Gasteiger partial charge is 0.264 e. The molecule has 3 aromatic rings. The maximum atomic E-state index is 13.5. The summed E-state index contributed by atoms with van der Waals surface area (Å²) in [6.45, 7) is 0.220. The number of nitrogens with one attached hydrogen (secondary N) is 1. The van der Waals surface area contributed by atoms with E-state index in [2.05, 4.69) is 5.32 Å². The third-order valence-electron chi connectivity index (χ3n) is 5.40. The van der Waals surface area contributed by atoms with Crippen molar-refractivity contribution in [2.45, 2.75) is 11.0 Å². The van der Waals surface area contributed by atoms with E-state index in [9.17, 15) is 13.2 Å². The van der Waals surface area contributed by atoms with Gasteiger partial charge in [0.25, 0.3) is 15.9 Å². The van der Waals surface area contributed by atoms with Gasteiger partial charge in [-0.1, -0.05) is 24.3 Å². The Bertz CT molecular complexity index is 1280. The number of amides is 1. The number of carbonyl (C=O) groups excluding carboxylic acids is 1. The number of anilines is 1. The fourth-order valence-electron chi connectivity index (χ4n) is 3.63. The first-order valence-corrected chi connectivity index (χ1v) is 12.3. The molecule has 1 aliphatic heterocycles. The van der Waals surface area contributed by atoms with Crippen LogP contribution in [0, 0.1) is 0 Å². The van der Waals surface area contributed by atoms with Gasteiger partial charge in [-0.05, 0) is 48.5 Å². The number of rotatable bonds is 9. The molecule has 0 aromatic heterocycles. The monoisotopic (exact) mass is 498 g/mol. The Morgan fingerprint density at radius 3 is 2.37 bits per heavy atom. The molecule has 1 amide bonds. The third kappa shape index (κ3) is 5.27. The maximum Gasteiger partial charge on any atom is 0.264 e. The van der Waals surface area contributed by atoms with Crippen molar-refractivity contribution in [1.29, 1.82) is 0 Å². The lowest BCUT2D eigenvalue weighted by Gasteiger charge is -2.34. The molecule has 3 aromatic carbocycles. The van der Waals surface area contributed by atoms with E-state index in [1.807, 2.05) is 12.1 Å². The lowest BCUT2D eigenvalue weighted by atomic mass is 10.2. The average Bonchev–Trinajstić information content (AvgIpc) is 2.90. The van der Waals surface area contributed by atoms with Gasteiger partial charge >= 0.3 is 0 Å². The molecule has 9 nitrogen and oxygen atoms in total. The third-order valence-corrected chi connectivity index (χ3v) is 7.20. The van der Waals surface area contributed by atoms with Gasteiger partial charge in [0.1, 0.15) is 18.1 Å². The molecule has 1 heterocycles. The highest BCUT2D eigenvalue weighted by molar-refractivity contribution is 7.92. The molecule has 0 unspecified atom stereocenters. The summed E-state index contributed by atoms with van der Waals surface area (Å²) >= 11 is 0. The second-order valence-corrected chi connectivity index (χ2v) is 9.44. The summed E-state index contributed by atoms with van der Waals surface area (Å²) in [6, 6.07) is 20.0. The molecule has 0 fully saturated rings. The number of benzene rings is 3. The number of para-hydroxylation sites is 4. The Morgan fingerprint density at radius 1 is 0.971 bits per heavy atom. The van der Waals surface area contributed by atoms with E-state index in [0.29, 0.717) is 28.7 Å². The number of sulfonamides is 1. The summed E-state index contributed by atoms with van der Waals surface area (Å²) in [5.74, 6) is 1.55. The van der Waals surface area contributed by atoms with Crippen molar-refractivity contribution in [3.63, 3.8) is 0 Å². The number of methoxy groups -OCH3 is 2. The molecule has 10 heteroatoms. The van der Waals surface area contributed by atoms with Gasteiger partial charge in [-0.3, -0.25) is 9.10 Å². The predicted molar refractivity (Wildman–Crippen MR) is 130 cm³/mol. The van der Waals surface area contributed by atoms with Crippen LogP contribution >= 0.6 is 0 Å². The molecule has 0 spiro atoms. The number of hydrogen-bond donors (Lipinski definition) is 1. The minimum Gasteiger partial charge on any atom is -0.497 e. The van der Waals surface area contributed by atoms with Crippen LogP contribution in [-0.2, 0) is 14.8 Å². The molecule has 1 atom stereocenters. The molecule has 0 aliphatic carbocycles. The van der Waals surface area contributed by atoms with Gasteiger partial charge in [0.2, 0.25) is 0 Å². The first-order chi connectivity index (χ1) is 16.9. The highest BCUT2D eigenvalue weighted by Crippen LogP contribution is 2.37. The molecule has 35 heavy (non-hydrogen) atoms. The van der Waals surface area contributed by atoms with Gasteiger partial charge in [-0.25, -0.2) is 8.42 Å². The standard InChI is InChI=1S/C25H26N2O7S/c1-31-18-11-13-19(14-12-18)35(29,30)27-17-24(34-21-8-4-3-7-20(21)27)25(28)26-15-16-33-23-10-6-5-9-22(23)32-2/h3-14,24H,15-17H2,1-2H3,(H,26,28)/t24-/m1/s1. The van der Waals surface area contributed by atoms with Gasteiger partial charge in [0.05, 0.1) is 37.9 Å². The number of hydrogen-bond acceptors (Lipinski definition) is 7. The first kappa shape index (κ1) is 24.2. The summed E-state index contributed by atoms with van der Waals surface area (Å²) in [7, 11) is -0.901. The second kappa shape index (κ2) is 10.6. The second-order valence-electron chi connectivity index (χ2n) is 7.58. The molecule has 1 aliphatic rings. The maximum absolute atomic E-state index is 13.5. The first-order valence-electron chi connectivity index (χ1n) is 10.9. The quantitative estimate of drug-likeness (QED) is 0.453. The summed E-state index contributed by atoms with van der Waals surface area (Å²) in [5.41, 5.74) is 0.367. The fourth-order valence-corrected chi connectivity index (χ4v) is 5.10. The summed E-state index contributed by atoms with van der Waals surface area (Å²) < 4.78 is 50.0. The van der Waals surface area contributed by atoms with Gasteiger partial charge in [-0.15, -0.1) is 0 Å². The highest BCUT2D eigenvalue weighted by atomic mass is 32.2. The zero-order valence-corrected chi connectivity index (χ0v) is 20.2. The minimum atomic E-state index is -3.96. The molecule has 0 saturated carbocycles. The molecular formula is C25H26N2O7S. The van der Waals surface area contributed by atoms with Crippen LogP contribution in [0.4, 0.5) is 5.69 Å². The Hall–Kier alpha value is -3.92. The van der Waals surface area contributed by atoms with E-state index >= 15 is 0 Å². The normalized spacial score (nSPS) is 14.9. The lowest BCUT2D eigenvalue weighted by Crippen LogP contribution is -2.51. The van der Waals surface area contributed by atoms with Crippen LogP contribution in [0.3, 0.4) is 0 Å².